The molecule has 0 spiro atoms. The van der Waals surface area contributed by atoms with Crippen LogP contribution in [0.1, 0.15) is 43.6 Å². The molecule has 2 aromatic carbocycles. The number of nitrogens with one attached hydrogen (secondary N) is 2. The van der Waals surface area contributed by atoms with E-state index in [1.165, 1.54) is 28.6 Å². The maximum atomic E-state index is 12.9. The Kier molecular flexibility index (Phi) is 8.16. The zero-order chi connectivity index (χ0) is 24.9. The fraction of sp³-hybridized carbons (Fsp3) is 0.417. The largest absolute Gasteiger partial charge is 0.454 e. The van der Waals surface area contributed by atoms with Crippen LogP contribution in [0.25, 0.3) is 0 Å². The van der Waals surface area contributed by atoms with E-state index in [1.807, 2.05) is 19.9 Å². The Morgan fingerprint density at radius 3 is 2.41 bits per heavy atom. The van der Waals surface area contributed by atoms with E-state index in [2.05, 4.69) is 10.6 Å². The third-order valence-corrected chi connectivity index (χ3v) is 7.62. The van der Waals surface area contributed by atoms with Crippen molar-refractivity contribution < 1.29 is 27.5 Å². The van der Waals surface area contributed by atoms with Gasteiger partial charge in [-0.1, -0.05) is 39.8 Å². The van der Waals surface area contributed by atoms with Crippen molar-refractivity contribution in [2.45, 2.75) is 45.2 Å². The molecule has 9 nitrogen and oxygen atoms in total. The van der Waals surface area contributed by atoms with E-state index in [4.69, 9.17) is 9.47 Å². The number of ether oxygens (including phenoxy) is 2. The maximum absolute atomic E-state index is 12.9. The van der Waals surface area contributed by atoms with Gasteiger partial charge < -0.3 is 20.1 Å². The summed E-state index contributed by atoms with van der Waals surface area (Å²) in [6.45, 7) is 8.25. The van der Waals surface area contributed by atoms with Gasteiger partial charge in [0.15, 0.2) is 11.5 Å². The molecule has 3 rings (SSSR count). The van der Waals surface area contributed by atoms with Crippen LogP contribution in [0.15, 0.2) is 47.4 Å². The Morgan fingerprint density at radius 2 is 1.74 bits per heavy atom. The zero-order valence-corrected chi connectivity index (χ0v) is 20.6. The first-order valence-corrected chi connectivity index (χ1v) is 12.7. The summed E-state index contributed by atoms with van der Waals surface area (Å²) in [4.78, 5) is 25.8. The molecule has 1 heterocycles. The summed E-state index contributed by atoms with van der Waals surface area (Å²) in [7, 11) is -3.71. The number of amides is 2. The minimum Gasteiger partial charge on any atom is -0.454 e. The highest BCUT2D eigenvalue weighted by Gasteiger charge is 2.26. The summed E-state index contributed by atoms with van der Waals surface area (Å²) in [5.41, 5.74) is 1.00. The third kappa shape index (κ3) is 5.68. The fourth-order valence-corrected chi connectivity index (χ4v) is 5.12. The lowest BCUT2D eigenvalue weighted by Crippen LogP contribution is -2.49. The Bertz CT molecular complexity index is 1150. The molecule has 1 aliphatic rings. The van der Waals surface area contributed by atoms with Crippen molar-refractivity contribution in [3.05, 3.63) is 53.6 Å². The van der Waals surface area contributed by atoms with Gasteiger partial charge in [0.1, 0.15) is 6.04 Å². The molecule has 2 amide bonds. The molecule has 0 unspecified atom stereocenters. The number of rotatable bonds is 10. The SMILES string of the molecule is CCN(CC)S(=O)(=O)c1cccc(C(=O)N[C@H](C(=O)NCc2ccc3c(c2)OCO3)C(C)C)c1. The van der Waals surface area contributed by atoms with Gasteiger partial charge in [0.2, 0.25) is 22.7 Å². The van der Waals surface area contributed by atoms with Crippen molar-refractivity contribution >= 4 is 21.8 Å². The Morgan fingerprint density at radius 1 is 1.03 bits per heavy atom. The van der Waals surface area contributed by atoms with E-state index >= 15 is 0 Å². The Balaban J connectivity index is 1.69. The summed E-state index contributed by atoms with van der Waals surface area (Å²) < 4.78 is 37.6. The van der Waals surface area contributed by atoms with Gasteiger partial charge in [-0.2, -0.15) is 4.31 Å². The van der Waals surface area contributed by atoms with E-state index in [0.717, 1.165) is 5.56 Å². The van der Waals surface area contributed by atoms with E-state index in [-0.39, 0.29) is 35.6 Å². The molecule has 0 aromatic heterocycles. The standard InChI is InChI=1S/C24H31N3O6S/c1-5-27(6-2)34(30,31)19-9-7-8-18(13-19)23(28)26-22(16(3)4)24(29)25-14-17-10-11-20-21(12-17)33-15-32-20/h7-13,16,22H,5-6,14-15H2,1-4H3,(H,25,29)(H,26,28)/t22-/m0/s1. The molecule has 184 valence electrons. The molecule has 0 saturated carbocycles. The van der Waals surface area contributed by atoms with E-state index < -0.39 is 22.0 Å². The number of sulfonamides is 1. The van der Waals surface area contributed by atoms with Crippen LogP contribution in [0.5, 0.6) is 11.5 Å². The van der Waals surface area contributed by atoms with Gasteiger partial charge in [-0.3, -0.25) is 9.59 Å². The highest BCUT2D eigenvalue weighted by Crippen LogP contribution is 2.32. The van der Waals surface area contributed by atoms with Crippen molar-refractivity contribution in [2.75, 3.05) is 19.9 Å². The molecule has 2 aromatic rings. The molecule has 0 radical (unpaired) electrons. The molecule has 2 N–H and O–H groups in total. The van der Waals surface area contributed by atoms with E-state index in [0.29, 0.717) is 24.6 Å². The first-order valence-electron chi connectivity index (χ1n) is 11.2. The predicted octanol–water partition coefficient (Wildman–Crippen LogP) is 2.52. The number of benzene rings is 2. The van der Waals surface area contributed by atoms with Crippen LogP contribution in [0.2, 0.25) is 0 Å². The topological polar surface area (TPSA) is 114 Å². The third-order valence-electron chi connectivity index (χ3n) is 5.58. The monoisotopic (exact) mass is 489 g/mol. The zero-order valence-electron chi connectivity index (χ0n) is 19.8. The number of nitrogens with zero attached hydrogens (tertiary/aromatic N) is 1. The van der Waals surface area contributed by atoms with Crippen LogP contribution in [0, 0.1) is 5.92 Å². The molecule has 0 fully saturated rings. The van der Waals surface area contributed by atoms with Crippen molar-refractivity contribution in [3.8, 4) is 11.5 Å². The van der Waals surface area contributed by atoms with Crippen molar-refractivity contribution in [2.24, 2.45) is 5.92 Å². The second-order valence-electron chi connectivity index (χ2n) is 8.22. The van der Waals surface area contributed by atoms with Gasteiger partial charge in [-0.05, 0) is 41.8 Å². The molecule has 0 aliphatic carbocycles. The van der Waals surface area contributed by atoms with Gasteiger partial charge in [0.25, 0.3) is 5.91 Å². The van der Waals surface area contributed by atoms with Gasteiger partial charge in [-0.15, -0.1) is 0 Å². The minimum atomic E-state index is -3.71. The van der Waals surface area contributed by atoms with Crippen LogP contribution in [-0.4, -0.2) is 50.5 Å². The number of fused-ring (bicyclic) bond motifs is 1. The molecular formula is C24H31N3O6S. The van der Waals surface area contributed by atoms with Crippen LogP contribution in [-0.2, 0) is 21.4 Å². The molecule has 0 bridgehead atoms. The van der Waals surface area contributed by atoms with Crippen molar-refractivity contribution in [1.29, 1.82) is 0 Å². The minimum absolute atomic E-state index is 0.0391. The first kappa shape index (κ1) is 25.5. The van der Waals surface area contributed by atoms with Crippen molar-refractivity contribution in [3.63, 3.8) is 0 Å². The number of carbonyl (C=O) groups excluding carboxylic acids is 2. The van der Waals surface area contributed by atoms with Crippen LogP contribution in [0.3, 0.4) is 0 Å². The van der Waals surface area contributed by atoms with Crippen LogP contribution in [0.4, 0.5) is 0 Å². The normalized spacial score (nSPS) is 13.7. The Labute approximate surface area is 200 Å². The van der Waals surface area contributed by atoms with Crippen molar-refractivity contribution in [1.82, 2.24) is 14.9 Å². The highest BCUT2D eigenvalue weighted by atomic mass is 32.2. The van der Waals surface area contributed by atoms with Crippen LogP contribution >= 0.6 is 0 Å². The molecule has 10 heteroatoms. The maximum Gasteiger partial charge on any atom is 0.251 e. The molecule has 1 aliphatic heterocycles. The summed E-state index contributed by atoms with van der Waals surface area (Å²) in [6, 6.07) is 10.5. The smallest absolute Gasteiger partial charge is 0.251 e. The average molecular weight is 490 g/mol. The fourth-order valence-electron chi connectivity index (χ4n) is 3.62. The lowest BCUT2D eigenvalue weighted by atomic mass is 10.0. The lowest BCUT2D eigenvalue weighted by molar-refractivity contribution is -0.124. The van der Waals surface area contributed by atoms with E-state index in [9.17, 15) is 18.0 Å². The van der Waals surface area contributed by atoms with E-state index in [1.54, 1.807) is 26.0 Å². The van der Waals surface area contributed by atoms with Crippen LogP contribution < -0.4 is 20.1 Å². The first-order chi connectivity index (χ1) is 16.2. The molecule has 34 heavy (non-hydrogen) atoms. The lowest BCUT2D eigenvalue weighted by Gasteiger charge is -2.22. The summed E-state index contributed by atoms with van der Waals surface area (Å²) in [5, 5.41) is 5.58. The summed E-state index contributed by atoms with van der Waals surface area (Å²) in [6.07, 6.45) is 0. The van der Waals surface area contributed by atoms with Gasteiger partial charge in [0.05, 0.1) is 4.90 Å². The average Bonchev–Trinajstić information content (AvgIpc) is 3.29. The van der Waals surface area contributed by atoms with Gasteiger partial charge in [0, 0.05) is 25.2 Å². The second kappa shape index (κ2) is 10.9. The highest BCUT2D eigenvalue weighted by molar-refractivity contribution is 7.89. The summed E-state index contributed by atoms with van der Waals surface area (Å²) in [5.74, 6) is 0.234. The molecular weight excluding hydrogens is 458 g/mol. The van der Waals surface area contributed by atoms with Gasteiger partial charge in [-0.25, -0.2) is 8.42 Å². The number of hydrogen-bond donors (Lipinski definition) is 2. The summed E-state index contributed by atoms with van der Waals surface area (Å²) >= 11 is 0. The van der Waals surface area contributed by atoms with Gasteiger partial charge >= 0.3 is 0 Å². The number of hydrogen-bond acceptors (Lipinski definition) is 6. The molecule has 1 atom stereocenters. The second-order valence-corrected chi connectivity index (χ2v) is 10.2. The predicted molar refractivity (Wildman–Crippen MR) is 127 cm³/mol. The molecule has 0 saturated heterocycles. The quantitative estimate of drug-likeness (QED) is 0.530. The Hall–Kier alpha value is -3.11. The number of carbonyl (C=O) groups is 2.